The Bertz CT molecular complexity index is 1080. The maximum Gasteiger partial charge on any atom is 0.332 e. The van der Waals surface area contributed by atoms with Gasteiger partial charge in [-0.15, -0.1) is 0 Å². The molecule has 3 rings (SSSR count). The lowest BCUT2D eigenvalue weighted by atomic mass is 9.97. The van der Waals surface area contributed by atoms with E-state index < -0.39 is 11.2 Å². The van der Waals surface area contributed by atoms with E-state index in [0.717, 1.165) is 14.6 Å². The summed E-state index contributed by atoms with van der Waals surface area (Å²) in [6, 6.07) is 7.54. The highest BCUT2D eigenvalue weighted by molar-refractivity contribution is 9.10. The van der Waals surface area contributed by atoms with E-state index in [2.05, 4.69) is 26.6 Å². The second-order valence-electron chi connectivity index (χ2n) is 5.48. The third kappa shape index (κ3) is 2.26. The fourth-order valence-electron chi connectivity index (χ4n) is 2.86. The van der Waals surface area contributed by atoms with Gasteiger partial charge in [0.25, 0.3) is 5.56 Å². The molecule has 0 bridgehead atoms. The van der Waals surface area contributed by atoms with Gasteiger partial charge in [0.05, 0.1) is 10.9 Å². The highest BCUT2D eigenvalue weighted by Gasteiger charge is 2.22. The van der Waals surface area contributed by atoms with Gasteiger partial charge < -0.3 is 11.5 Å². The smallest absolute Gasteiger partial charge is 0.332 e. The Morgan fingerprint density at radius 2 is 1.88 bits per heavy atom. The molecule has 0 aliphatic rings. The lowest BCUT2D eigenvalue weighted by Crippen LogP contribution is -2.48. The monoisotopic (exact) mass is 390 g/mol. The Morgan fingerprint density at radius 3 is 2.50 bits per heavy atom. The van der Waals surface area contributed by atoms with Gasteiger partial charge in [-0.05, 0) is 11.6 Å². The molecule has 24 heavy (non-hydrogen) atoms. The summed E-state index contributed by atoms with van der Waals surface area (Å²) >= 11 is 3.52. The van der Waals surface area contributed by atoms with Gasteiger partial charge in [0.1, 0.15) is 12.4 Å². The number of nitrogens with two attached hydrogens (primary N) is 1. The maximum absolute atomic E-state index is 12.8. The van der Waals surface area contributed by atoms with Crippen LogP contribution in [-0.2, 0) is 20.6 Å². The quantitative estimate of drug-likeness (QED) is 0.658. The summed E-state index contributed by atoms with van der Waals surface area (Å²) in [7, 11) is 3.03. The maximum atomic E-state index is 12.8. The molecule has 0 radical (unpaired) electrons. The van der Waals surface area contributed by atoms with Crippen molar-refractivity contribution in [3.63, 3.8) is 0 Å². The first-order valence-electron chi connectivity index (χ1n) is 7.30. The number of fused-ring (bicyclic) bond motifs is 1. The predicted octanol–water partition coefficient (Wildman–Crippen LogP) is 0.386. The second kappa shape index (κ2) is 5.88. The van der Waals surface area contributed by atoms with Crippen LogP contribution in [0.4, 0.5) is 5.82 Å². The van der Waals surface area contributed by atoms with Crippen molar-refractivity contribution in [2.75, 3.05) is 5.73 Å². The zero-order valence-electron chi connectivity index (χ0n) is 13.3. The van der Waals surface area contributed by atoms with Crippen LogP contribution in [0.3, 0.4) is 0 Å². The van der Waals surface area contributed by atoms with Crippen LogP contribution < -0.4 is 22.7 Å². The van der Waals surface area contributed by atoms with Crippen LogP contribution >= 0.6 is 15.9 Å². The molecular weight excluding hydrogens is 374 g/mol. The van der Waals surface area contributed by atoms with Crippen molar-refractivity contribution in [3.8, 4) is 11.1 Å². The first-order valence-corrected chi connectivity index (χ1v) is 8.10. The molecule has 7 nitrogen and oxygen atoms in total. The van der Waals surface area contributed by atoms with Crippen LogP contribution in [0.1, 0.15) is 5.56 Å². The molecule has 0 saturated carbocycles. The van der Waals surface area contributed by atoms with Crippen molar-refractivity contribution in [1.29, 1.82) is 0 Å². The van der Waals surface area contributed by atoms with Crippen molar-refractivity contribution in [3.05, 3.63) is 55.1 Å². The number of pyridine rings is 1. The Kier molecular flexibility index (Phi) is 4.02. The molecule has 0 aliphatic carbocycles. The van der Waals surface area contributed by atoms with Gasteiger partial charge in [-0.2, -0.15) is 0 Å². The predicted molar refractivity (Wildman–Crippen MR) is 96.4 cm³/mol. The van der Waals surface area contributed by atoms with Crippen molar-refractivity contribution in [2.45, 2.75) is 6.54 Å². The molecule has 0 amide bonds. The Balaban J connectivity index is 2.68. The minimum atomic E-state index is -0.445. The van der Waals surface area contributed by atoms with Gasteiger partial charge in [0.15, 0.2) is 5.65 Å². The van der Waals surface area contributed by atoms with Crippen LogP contribution in [0.2, 0.25) is 0 Å². The minimum Gasteiger partial charge on any atom is -0.383 e. The molecule has 2 heterocycles. The molecule has 2 aromatic heterocycles. The van der Waals surface area contributed by atoms with E-state index in [1.165, 1.54) is 11.6 Å². The molecule has 3 aromatic rings. The van der Waals surface area contributed by atoms with E-state index in [-0.39, 0.29) is 11.5 Å². The van der Waals surface area contributed by atoms with Gasteiger partial charge in [-0.25, -0.2) is 9.78 Å². The molecule has 0 aliphatic heterocycles. The fraction of sp³-hybridized carbons (Fsp3) is 0.188. The van der Waals surface area contributed by atoms with E-state index >= 15 is 0 Å². The van der Waals surface area contributed by atoms with Gasteiger partial charge in [0.2, 0.25) is 0 Å². The van der Waals surface area contributed by atoms with Gasteiger partial charge in [-0.3, -0.25) is 13.9 Å². The van der Waals surface area contributed by atoms with Crippen LogP contribution in [0.5, 0.6) is 0 Å². The van der Waals surface area contributed by atoms with Crippen molar-refractivity contribution in [1.82, 2.24) is 14.1 Å². The molecule has 0 atom stereocenters. The molecule has 0 saturated heterocycles. The Morgan fingerprint density at radius 1 is 1.21 bits per heavy atom. The van der Waals surface area contributed by atoms with Crippen molar-refractivity contribution in [2.24, 2.45) is 14.1 Å². The number of rotatable bonds is 2. The minimum absolute atomic E-state index is 0.267. The first kappa shape index (κ1) is 16.4. The van der Waals surface area contributed by atoms with E-state index in [4.69, 9.17) is 5.73 Å². The molecular formula is C16H17BrN5O2+. The molecule has 124 valence electrons. The molecule has 0 unspecified atom stereocenters. The Hall–Kier alpha value is -2.45. The summed E-state index contributed by atoms with van der Waals surface area (Å²) in [4.78, 5) is 29.3. The summed E-state index contributed by atoms with van der Waals surface area (Å²) in [5.41, 5.74) is 11.6. The number of hydrogen-bond acceptors (Lipinski definition) is 4. The summed E-state index contributed by atoms with van der Waals surface area (Å²) in [6.45, 7) is 0.372. The number of benzene rings is 1. The van der Waals surface area contributed by atoms with E-state index in [9.17, 15) is 9.59 Å². The summed E-state index contributed by atoms with van der Waals surface area (Å²) < 4.78 is 3.23. The largest absolute Gasteiger partial charge is 0.383 e. The molecule has 1 aromatic carbocycles. The topological polar surface area (TPSA) is 111 Å². The van der Waals surface area contributed by atoms with E-state index in [1.54, 1.807) is 7.05 Å². The number of nitrogens with zero attached hydrogens (tertiary/aromatic N) is 3. The lowest BCUT2D eigenvalue weighted by Gasteiger charge is -2.16. The SMILES string of the molecule is Cn1c(=O)c2c(-c3ccccc3Br)c(C[NH3+])c(N)nc2n(C)c1=O. The van der Waals surface area contributed by atoms with Crippen molar-refractivity contribution < 1.29 is 5.73 Å². The average molecular weight is 391 g/mol. The van der Waals surface area contributed by atoms with Crippen LogP contribution in [0.15, 0.2) is 38.3 Å². The van der Waals surface area contributed by atoms with Crippen molar-refractivity contribution >= 4 is 32.8 Å². The molecule has 0 fully saturated rings. The number of anilines is 1. The summed E-state index contributed by atoms with van der Waals surface area (Å²) in [5.74, 6) is 0.270. The van der Waals surface area contributed by atoms with Gasteiger partial charge in [0, 0.05) is 24.1 Å². The molecule has 5 N–H and O–H groups in total. The number of aromatic nitrogens is 3. The zero-order chi connectivity index (χ0) is 17.6. The summed E-state index contributed by atoms with van der Waals surface area (Å²) in [5, 5.41) is 0.361. The zero-order valence-corrected chi connectivity index (χ0v) is 14.9. The number of nitrogen functional groups attached to an aromatic ring is 1. The number of hydrogen-bond donors (Lipinski definition) is 2. The highest BCUT2D eigenvalue weighted by Crippen LogP contribution is 2.35. The second-order valence-corrected chi connectivity index (χ2v) is 6.34. The van der Waals surface area contributed by atoms with Gasteiger partial charge in [-0.1, -0.05) is 34.1 Å². The summed E-state index contributed by atoms with van der Waals surface area (Å²) in [6.07, 6.45) is 0. The number of quaternary nitrogens is 1. The van der Waals surface area contributed by atoms with Crippen LogP contribution in [0, 0.1) is 0 Å². The standard InChI is InChI=1S/C16H16BrN5O2/c1-21-14-12(15(23)22(2)16(21)24)11(9(7-18)13(19)20-14)8-5-3-4-6-10(8)17/h3-6H,7,18H2,1-2H3,(H2,19,20)/p+1. The molecule has 8 heteroatoms. The Labute approximate surface area is 145 Å². The average Bonchev–Trinajstić information content (AvgIpc) is 2.57. The van der Waals surface area contributed by atoms with E-state index in [1.807, 2.05) is 24.3 Å². The molecule has 0 spiro atoms. The van der Waals surface area contributed by atoms with E-state index in [0.29, 0.717) is 23.1 Å². The van der Waals surface area contributed by atoms with Crippen LogP contribution in [0.25, 0.3) is 22.2 Å². The first-order chi connectivity index (χ1) is 11.4. The highest BCUT2D eigenvalue weighted by atomic mass is 79.9. The normalized spacial score (nSPS) is 11.2. The fourth-order valence-corrected chi connectivity index (χ4v) is 3.34. The third-order valence-corrected chi connectivity index (χ3v) is 4.81. The van der Waals surface area contributed by atoms with Crippen LogP contribution in [-0.4, -0.2) is 14.1 Å². The number of aryl methyl sites for hydroxylation is 1. The lowest BCUT2D eigenvalue weighted by molar-refractivity contribution is -0.386. The number of halogens is 1. The van der Waals surface area contributed by atoms with Gasteiger partial charge >= 0.3 is 5.69 Å². The third-order valence-electron chi connectivity index (χ3n) is 4.11.